The molecule has 3 rings (SSSR count). The smallest absolute Gasteiger partial charge is 0.246 e. The van der Waals surface area contributed by atoms with Gasteiger partial charge >= 0.3 is 6.04 Å². The maximum Gasteiger partial charge on any atom is 0.302 e. The number of amidine groups is 1. The molecule has 0 aromatic heterocycles. The van der Waals surface area contributed by atoms with E-state index in [2.05, 4.69) is 10.1 Å². The fourth-order valence-electron chi connectivity index (χ4n) is 2.07. The minimum atomic E-state index is -0.377. The van der Waals surface area contributed by atoms with Gasteiger partial charge in [0, 0.05) is 21.8 Å². The van der Waals surface area contributed by atoms with Crippen LogP contribution >= 0.6 is 0 Å². The van der Waals surface area contributed by atoms with Crippen LogP contribution in [0.25, 0.3) is 5.70 Å². The van der Waals surface area contributed by atoms with Gasteiger partial charge in [-0.15, -0.1) is 0 Å². The number of benzene rings is 1. The summed E-state index contributed by atoms with van der Waals surface area (Å²) in [6.45, 7) is 2.69. The predicted molar refractivity (Wildman–Crippen MR) is 70.1 cm³/mol. The van der Waals surface area contributed by atoms with Gasteiger partial charge in [0.25, 0.3) is 0 Å². The summed E-state index contributed by atoms with van der Waals surface area (Å²) in [6, 6.07) is 9.30. The molecule has 0 aliphatic carbocycles. The van der Waals surface area contributed by atoms with Gasteiger partial charge in [-0.2, -0.15) is 5.10 Å². The molecule has 2 heterocycles. The minimum absolute atomic E-state index is 0.377. The third-order valence-electron chi connectivity index (χ3n) is 3.00. The van der Waals surface area contributed by atoms with Crippen molar-refractivity contribution in [1.82, 2.24) is 5.01 Å². The topological polar surface area (TPSA) is 48.0 Å². The highest BCUT2D eigenvalue weighted by Gasteiger charge is 2.40. The third kappa shape index (κ3) is 1.64. The molecular formula is C13H13N4O+. The molecule has 1 atom stereocenters. The Morgan fingerprint density at radius 3 is 2.83 bits per heavy atom. The van der Waals surface area contributed by atoms with Crippen molar-refractivity contribution < 1.29 is 4.76 Å². The summed E-state index contributed by atoms with van der Waals surface area (Å²) in [6.07, 6.45) is 3.16. The van der Waals surface area contributed by atoms with E-state index in [1.54, 1.807) is 11.2 Å². The van der Waals surface area contributed by atoms with Crippen molar-refractivity contribution in [1.29, 1.82) is 0 Å². The van der Waals surface area contributed by atoms with E-state index in [9.17, 15) is 4.91 Å². The normalized spacial score (nSPS) is 21.7. The molecule has 0 amide bonds. The van der Waals surface area contributed by atoms with Crippen LogP contribution in [0, 0.1) is 4.91 Å². The number of hydrogen-bond acceptors (Lipinski definition) is 4. The lowest BCUT2D eigenvalue weighted by molar-refractivity contribution is -0.483. The van der Waals surface area contributed by atoms with Crippen molar-refractivity contribution in [3.05, 3.63) is 47.0 Å². The zero-order chi connectivity index (χ0) is 12.5. The van der Waals surface area contributed by atoms with Crippen molar-refractivity contribution in [2.45, 2.75) is 13.0 Å². The molecule has 90 valence electrons. The zero-order valence-electron chi connectivity index (χ0n) is 10.0. The molecule has 0 saturated carbocycles. The second kappa shape index (κ2) is 4.18. The summed E-state index contributed by atoms with van der Waals surface area (Å²) >= 11 is 0. The lowest BCUT2D eigenvalue weighted by Gasteiger charge is -2.15. The van der Waals surface area contributed by atoms with Crippen molar-refractivity contribution in [2.24, 2.45) is 10.1 Å². The number of nitrogens with zero attached hydrogens (tertiary/aromatic N) is 4. The Kier molecular flexibility index (Phi) is 2.51. The molecule has 1 aromatic rings. The Morgan fingerprint density at radius 2 is 2.11 bits per heavy atom. The first-order chi connectivity index (χ1) is 8.79. The highest BCUT2D eigenvalue weighted by Crippen LogP contribution is 2.23. The first kappa shape index (κ1) is 10.8. The van der Waals surface area contributed by atoms with E-state index in [-0.39, 0.29) is 6.04 Å². The molecule has 0 bridgehead atoms. The molecule has 0 radical (unpaired) electrons. The molecule has 2 aliphatic rings. The van der Waals surface area contributed by atoms with Crippen LogP contribution in [0.3, 0.4) is 0 Å². The van der Waals surface area contributed by atoms with Crippen LogP contribution in [-0.2, 0) is 0 Å². The van der Waals surface area contributed by atoms with E-state index in [4.69, 9.17) is 0 Å². The van der Waals surface area contributed by atoms with Crippen LogP contribution < -0.4 is 0 Å². The van der Waals surface area contributed by atoms with Gasteiger partial charge in [-0.25, -0.2) is 10.0 Å². The standard InChI is InChI=1S/C13H13N4O/c1-2-16-13-12(8-14-16)17(18)9-11(15-13)10-6-4-3-5-7-10/h3-9,12H,2H2,1H3/q+1. The van der Waals surface area contributed by atoms with Crippen LogP contribution in [0.15, 0.2) is 46.6 Å². The summed E-state index contributed by atoms with van der Waals surface area (Å²) in [5, 5.41) is 5.94. The molecule has 2 aliphatic heterocycles. The second-order valence-corrected chi connectivity index (χ2v) is 4.14. The van der Waals surface area contributed by atoms with Crippen LogP contribution in [0.4, 0.5) is 0 Å². The Bertz CT molecular complexity index is 574. The second-order valence-electron chi connectivity index (χ2n) is 4.14. The van der Waals surface area contributed by atoms with E-state index in [0.29, 0.717) is 18.1 Å². The number of likely N-dealkylation sites (N-methyl/N-ethyl adjacent to an activating group) is 1. The molecule has 0 fully saturated rings. The van der Waals surface area contributed by atoms with Crippen LogP contribution in [0.1, 0.15) is 12.5 Å². The number of aliphatic imine (C=N–C) groups is 1. The van der Waals surface area contributed by atoms with Crippen LogP contribution in [0.2, 0.25) is 0 Å². The van der Waals surface area contributed by atoms with Crippen LogP contribution in [-0.4, -0.2) is 34.4 Å². The van der Waals surface area contributed by atoms with Gasteiger partial charge in [-0.1, -0.05) is 30.3 Å². The Hall–Kier alpha value is -2.30. The maximum atomic E-state index is 12.0. The molecule has 0 spiro atoms. The SMILES string of the molecule is CCN1N=CC2C1=NC(c1ccccc1)=C[N+]2=O. The summed E-state index contributed by atoms with van der Waals surface area (Å²) < 4.78 is 0.907. The van der Waals surface area contributed by atoms with E-state index >= 15 is 0 Å². The van der Waals surface area contributed by atoms with Gasteiger partial charge in [0.2, 0.25) is 12.0 Å². The highest BCUT2D eigenvalue weighted by molar-refractivity contribution is 6.06. The quantitative estimate of drug-likeness (QED) is 0.742. The van der Waals surface area contributed by atoms with Crippen LogP contribution in [0.5, 0.6) is 0 Å². The minimum Gasteiger partial charge on any atom is -0.246 e. The molecule has 0 saturated heterocycles. The summed E-state index contributed by atoms with van der Waals surface area (Å²) in [5.74, 6) is 0.703. The highest BCUT2D eigenvalue weighted by atomic mass is 16.3. The first-order valence-electron chi connectivity index (χ1n) is 5.92. The third-order valence-corrected chi connectivity index (χ3v) is 3.00. The fourth-order valence-corrected chi connectivity index (χ4v) is 2.07. The monoisotopic (exact) mass is 241 g/mol. The van der Waals surface area contributed by atoms with Gasteiger partial charge in [0.1, 0.15) is 11.9 Å². The molecule has 0 N–H and O–H groups in total. The molecule has 1 unspecified atom stereocenters. The van der Waals surface area contributed by atoms with Gasteiger partial charge in [-0.3, -0.25) is 0 Å². The van der Waals surface area contributed by atoms with E-state index in [0.717, 1.165) is 10.3 Å². The lowest BCUT2D eigenvalue weighted by atomic mass is 10.1. The first-order valence-corrected chi connectivity index (χ1v) is 5.92. The average molecular weight is 241 g/mol. The lowest BCUT2D eigenvalue weighted by Crippen LogP contribution is -2.37. The number of hydrogen-bond donors (Lipinski definition) is 0. The average Bonchev–Trinajstić information content (AvgIpc) is 2.83. The van der Waals surface area contributed by atoms with Gasteiger partial charge in [0.05, 0.1) is 0 Å². The summed E-state index contributed by atoms with van der Waals surface area (Å²) in [5.41, 5.74) is 1.62. The number of hydrazone groups is 1. The van der Waals surface area contributed by atoms with Crippen molar-refractivity contribution in [3.8, 4) is 0 Å². The Morgan fingerprint density at radius 1 is 1.33 bits per heavy atom. The van der Waals surface area contributed by atoms with Gasteiger partial charge in [-0.05, 0) is 6.92 Å². The summed E-state index contributed by atoms with van der Waals surface area (Å²) in [7, 11) is 0. The molecule has 5 nitrogen and oxygen atoms in total. The fraction of sp³-hybridized carbons (Fsp3) is 0.231. The maximum absolute atomic E-state index is 12.0. The zero-order valence-corrected chi connectivity index (χ0v) is 10.0. The van der Waals surface area contributed by atoms with E-state index in [1.807, 2.05) is 37.3 Å². The van der Waals surface area contributed by atoms with Crippen molar-refractivity contribution in [3.63, 3.8) is 0 Å². The van der Waals surface area contributed by atoms with E-state index in [1.165, 1.54) is 6.20 Å². The number of rotatable bonds is 2. The van der Waals surface area contributed by atoms with Gasteiger partial charge in [0.15, 0.2) is 0 Å². The molecule has 1 aromatic carbocycles. The van der Waals surface area contributed by atoms with Crippen molar-refractivity contribution in [2.75, 3.05) is 6.54 Å². The Labute approximate surface area is 105 Å². The predicted octanol–water partition coefficient (Wildman–Crippen LogP) is 1.87. The molecule has 5 heteroatoms. The number of nitroso groups, excluding NO2 is 1. The Balaban J connectivity index is 2.02. The van der Waals surface area contributed by atoms with E-state index < -0.39 is 0 Å². The largest absolute Gasteiger partial charge is 0.302 e. The summed E-state index contributed by atoms with van der Waals surface area (Å²) in [4.78, 5) is 16.5. The van der Waals surface area contributed by atoms with Crippen molar-refractivity contribution >= 4 is 17.7 Å². The molecular weight excluding hydrogens is 228 g/mol. The molecule has 18 heavy (non-hydrogen) atoms. The number of fused-ring (bicyclic) bond motifs is 1. The van der Waals surface area contributed by atoms with Gasteiger partial charge < -0.3 is 0 Å².